The number of furan rings is 1. The fraction of sp³-hybridized carbons (Fsp3) is 0.571. The van der Waals surface area contributed by atoms with E-state index in [1.165, 1.54) is 4.90 Å². The van der Waals surface area contributed by atoms with E-state index < -0.39 is 5.97 Å². The summed E-state index contributed by atoms with van der Waals surface area (Å²) in [6, 6.07) is 3.70. The zero-order chi connectivity index (χ0) is 13.7. The second kappa shape index (κ2) is 6.41. The molecule has 5 heteroatoms. The van der Waals surface area contributed by atoms with Crippen molar-refractivity contribution >= 4 is 11.9 Å². The first-order chi connectivity index (χ1) is 9.16. The van der Waals surface area contributed by atoms with Gasteiger partial charge in [0.05, 0.1) is 6.26 Å². The van der Waals surface area contributed by atoms with Gasteiger partial charge in [-0.15, -0.1) is 0 Å². The summed E-state index contributed by atoms with van der Waals surface area (Å²) in [5.74, 6) is -0.279. The molecular formula is C14H19NO4. The number of rotatable bonds is 6. The van der Waals surface area contributed by atoms with Gasteiger partial charge in [0.15, 0.2) is 0 Å². The average Bonchev–Trinajstić information content (AvgIpc) is 3.05. The lowest BCUT2D eigenvalue weighted by molar-refractivity contribution is -0.146. The first kappa shape index (κ1) is 13.6. The Kier molecular flexibility index (Phi) is 4.60. The van der Waals surface area contributed by atoms with Gasteiger partial charge in [-0.3, -0.25) is 9.59 Å². The van der Waals surface area contributed by atoms with Gasteiger partial charge in [0, 0.05) is 18.9 Å². The monoisotopic (exact) mass is 265 g/mol. The number of carboxylic acids is 1. The predicted octanol–water partition coefficient (Wildman–Crippen LogP) is 2.07. The average molecular weight is 265 g/mol. The van der Waals surface area contributed by atoms with Gasteiger partial charge in [-0.2, -0.15) is 0 Å². The van der Waals surface area contributed by atoms with Crippen molar-refractivity contribution in [2.75, 3.05) is 6.54 Å². The summed E-state index contributed by atoms with van der Waals surface area (Å²) in [6.45, 7) is -0.193. The first-order valence-electron chi connectivity index (χ1n) is 6.70. The van der Waals surface area contributed by atoms with Crippen molar-refractivity contribution in [2.45, 2.75) is 44.6 Å². The maximum absolute atomic E-state index is 12.2. The molecule has 5 nitrogen and oxygen atoms in total. The standard InChI is InChI=1S/C14H19NO4/c16-13(8-7-12-6-3-9-19-12)15(10-14(17)18)11-4-1-2-5-11/h3,6,9,11H,1-2,4-5,7-8,10H2,(H,17,18). The molecule has 1 N–H and O–H groups in total. The Morgan fingerprint density at radius 1 is 1.37 bits per heavy atom. The maximum Gasteiger partial charge on any atom is 0.323 e. The highest BCUT2D eigenvalue weighted by molar-refractivity contribution is 5.81. The quantitative estimate of drug-likeness (QED) is 0.854. The molecule has 1 aromatic rings. The molecular weight excluding hydrogens is 246 g/mol. The first-order valence-corrected chi connectivity index (χ1v) is 6.70. The Balaban J connectivity index is 1.92. The molecule has 104 valence electrons. The minimum Gasteiger partial charge on any atom is -0.480 e. The van der Waals surface area contributed by atoms with E-state index in [9.17, 15) is 9.59 Å². The highest BCUT2D eigenvalue weighted by Crippen LogP contribution is 2.24. The number of nitrogens with zero attached hydrogens (tertiary/aromatic N) is 1. The molecule has 1 saturated carbocycles. The number of carboxylic acid groups (broad SMARTS) is 1. The molecule has 2 rings (SSSR count). The lowest BCUT2D eigenvalue weighted by Gasteiger charge is -2.27. The lowest BCUT2D eigenvalue weighted by atomic mass is 10.1. The fourth-order valence-corrected chi connectivity index (χ4v) is 2.61. The molecule has 0 saturated heterocycles. The Morgan fingerprint density at radius 3 is 2.68 bits per heavy atom. The van der Waals surface area contributed by atoms with Gasteiger partial charge in [-0.1, -0.05) is 12.8 Å². The molecule has 0 bridgehead atoms. The summed E-state index contributed by atoms with van der Waals surface area (Å²) in [4.78, 5) is 24.6. The summed E-state index contributed by atoms with van der Waals surface area (Å²) in [6.07, 6.45) is 6.38. The van der Waals surface area contributed by atoms with Crippen LogP contribution in [0.3, 0.4) is 0 Å². The van der Waals surface area contributed by atoms with E-state index in [0.29, 0.717) is 12.8 Å². The van der Waals surface area contributed by atoms with Crippen LogP contribution in [0.2, 0.25) is 0 Å². The van der Waals surface area contributed by atoms with Crippen LogP contribution >= 0.6 is 0 Å². The molecule has 19 heavy (non-hydrogen) atoms. The summed E-state index contributed by atoms with van der Waals surface area (Å²) < 4.78 is 5.18. The van der Waals surface area contributed by atoms with Crippen molar-refractivity contribution in [3.63, 3.8) is 0 Å². The van der Waals surface area contributed by atoms with E-state index in [1.54, 1.807) is 12.3 Å². The zero-order valence-corrected chi connectivity index (χ0v) is 10.9. The number of aryl methyl sites for hydroxylation is 1. The Hall–Kier alpha value is -1.78. The molecule has 1 heterocycles. The van der Waals surface area contributed by atoms with E-state index in [2.05, 4.69) is 0 Å². The van der Waals surface area contributed by atoms with Crippen LogP contribution in [0.25, 0.3) is 0 Å². The van der Waals surface area contributed by atoms with E-state index in [1.807, 2.05) is 6.07 Å². The molecule has 1 aliphatic rings. The number of carbonyl (C=O) groups excluding carboxylic acids is 1. The third-order valence-corrected chi connectivity index (χ3v) is 3.56. The number of aliphatic carboxylic acids is 1. The summed E-state index contributed by atoms with van der Waals surface area (Å²) in [5, 5.41) is 8.93. The number of hydrogen-bond donors (Lipinski definition) is 1. The Labute approximate surface area is 112 Å². The Bertz CT molecular complexity index is 421. The van der Waals surface area contributed by atoms with Crippen molar-refractivity contribution in [1.29, 1.82) is 0 Å². The van der Waals surface area contributed by atoms with Gasteiger partial charge in [-0.05, 0) is 25.0 Å². The van der Waals surface area contributed by atoms with Gasteiger partial charge >= 0.3 is 5.97 Å². The third kappa shape index (κ3) is 3.84. The smallest absolute Gasteiger partial charge is 0.323 e. The van der Waals surface area contributed by atoms with Gasteiger partial charge in [-0.25, -0.2) is 0 Å². The van der Waals surface area contributed by atoms with E-state index in [-0.39, 0.29) is 18.5 Å². The van der Waals surface area contributed by atoms with Crippen molar-refractivity contribution in [1.82, 2.24) is 4.90 Å². The van der Waals surface area contributed by atoms with Crippen LogP contribution in [0.1, 0.15) is 37.9 Å². The summed E-state index contributed by atoms with van der Waals surface area (Å²) >= 11 is 0. The van der Waals surface area contributed by atoms with Crippen LogP contribution in [0.15, 0.2) is 22.8 Å². The normalized spacial score (nSPS) is 15.6. The van der Waals surface area contributed by atoms with Crippen molar-refractivity contribution < 1.29 is 19.1 Å². The van der Waals surface area contributed by atoms with Crippen LogP contribution in [-0.4, -0.2) is 34.5 Å². The molecule has 0 aromatic carbocycles. The molecule has 1 aromatic heterocycles. The van der Waals surface area contributed by atoms with Gasteiger partial charge in [0.25, 0.3) is 0 Å². The molecule has 1 aliphatic carbocycles. The molecule has 0 aliphatic heterocycles. The topological polar surface area (TPSA) is 70.8 Å². The molecule has 0 atom stereocenters. The van der Waals surface area contributed by atoms with Crippen LogP contribution in [0.5, 0.6) is 0 Å². The summed E-state index contributed by atoms with van der Waals surface area (Å²) in [5.41, 5.74) is 0. The van der Waals surface area contributed by atoms with Crippen molar-refractivity contribution in [3.05, 3.63) is 24.2 Å². The molecule has 1 fully saturated rings. The van der Waals surface area contributed by atoms with E-state index >= 15 is 0 Å². The highest BCUT2D eigenvalue weighted by Gasteiger charge is 2.27. The van der Waals surface area contributed by atoms with Crippen molar-refractivity contribution in [2.24, 2.45) is 0 Å². The Morgan fingerprint density at radius 2 is 2.11 bits per heavy atom. The molecule has 0 radical (unpaired) electrons. The SMILES string of the molecule is O=C(O)CN(C(=O)CCc1ccco1)C1CCCC1. The molecule has 1 amide bonds. The fourth-order valence-electron chi connectivity index (χ4n) is 2.61. The minimum absolute atomic E-state index is 0.0919. The summed E-state index contributed by atoms with van der Waals surface area (Å²) in [7, 11) is 0. The molecule has 0 spiro atoms. The van der Waals surface area contributed by atoms with Gasteiger partial charge in [0.2, 0.25) is 5.91 Å². The van der Waals surface area contributed by atoms with Gasteiger partial charge in [0.1, 0.15) is 12.3 Å². The van der Waals surface area contributed by atoms with Crippen LogP contribution in [0, 0.1) is 0 Å². The zero-order valence-electron chi connectivity index (χ0n) is 10.9. The molecule has 0 unspecified atom stereocenters. The van der Waals surface area contributed by atoms with Crippen LogP contribution in [0.4, 0.5) is 0 Å². The minimum atomic E-state index is -0.946. The lowest BCUT2D eigenvalue weighted by Crippen LogP contribution is -2.42. The van der Waals surface area contributed by atoms with Crippen LogP contribution < -0.4 is 0 Å². The number of hydrogen-bond acceptors (Lipinski definition) is 3. The van der Waals surface area contributed by atoms with Crippen LogP contribution in [-0.2, 0) is 16.0 Å². The number of amides is 1. The maximum atomic E-state index is 12.2. The highest BCUT2D eigenvalue weighted by atomic mass is 16.4. The predicted molar refractivity (Wildman–Crippen MR) is 68.6 cm³/mol. The van der Waals surface area contributed by atoms with E-state index in [4.69, 9.17) is 9.52 Å². The van der Waals surface area contributed by atoms with E-state index in [0.717, 1.165) is 31.4 Å². The van der Waals surface area contributed by atoms with Crippen molar-refractivity contribution in [3.8, 4) is 0 Å². The third-order valence-electron chi connectivity index (χ3n) is 3.56. The second-order valence-electron chi connectivity index (χ2n) is 4.93. The number of carbonyl (C=O) groups is 2. The second-order valence-corrected chi connectivity index (χ2v) is 4.93. The largest absolute Gasteiger partial charge is 0.480 e. The van der Waals surface area contributed by atoms with Gasteiger partial charge < -0.3 is 14.4 Å².